The maximum atomic E-state index is 11.5. The van der Waals surface area contributed by atoms with Crippen LogP contribution >= 0.6 is 0 Å². The largest absolute Gasteiger partial charge is 0.336 e. The highest BCUT2D eigenvalue weighted by atomic mass is 16.2. The topological polar surface area (TPSA) is 58.4 Å². The highest BCUT2D eigenvalue weighted by molar-refractivity contribution is 5.77. The Bertz CT molecular complexity index is 227. The number of hydrogen-bond acceptors (Lipinski definition) is 2. The maximum Gasteiger partial charge on any atom is 0.318 e. The number of nitrogens with one attached hydrogen (secondary N) is 1. The number of nitrogens with two attached hydrogens (primary N) is 1. The van der Waals surface area contributed by atoms with Crippen LogP contribution in [0, 0.1) is 5.92 Å². The van der Waals surface area contributed by atoms with Crippen LogP contribution < -0.4 is 11.1 Å². The van der Waals surface area contributed by atoms with Crippen molar-refractivity contribution in [1.29, 1.82) is 0 Å². The summed E-state index contributed by atoms with van der Waals surface area (Å²) >= 11 is 0. The lowest BCUT2D eigenvalue weighted by Crippen LogP contribution is -2.54. The Morgan fingerprint density at radius 3 is 2.77 bits per heavy atom. The fourth-order valence-electron chi connectivity index (χ4n) is 2.16. The second kappa shape index (κ2) is 2.87. The molecule has 0 spiro atoms. The normalized spacial score (nSPS) is 27.2. The summed E-state index contributed by atoms with van der Waals surface area (Å²) in [5.74, 6) is 0.626. The Morgan fingerprint density at radius 1 is 1.69 bits per heavy atom. The van der Waals surface area contributed by atoms with E-state index in [1.54, 1.807) is 0 Å². The van der Waals surface area contributed by atoms with E-state index in [9.17, 15) is 4.79 Å². The van der Waals surface area contributed by atoms with E-state index < -0.39 is 0 Å². The van der Waals surface area contributed by atoms with Gasteiger partial charge in [0.2, 0.25) is 0 Å². The minimum atomic E-state index is -0.0966. The Balaban J connectivity index is 2.14. The summed E-state index contributed by atoms with van der Waals surface area (Å²) in [6.07, 6.45) is 2.44. The Morgan fingerprint density at radius 2 is 2.38 bits per heavy atom. The number of carbonyl (C=O) groups excluding carboxylic acids is 1. The molecular formula is C9H17N3O. The number of urea groups is 1. The molecule has 0 radical (unpaired) electrons. The van der Waals surface area contributed by atoms with Crippen LogP contribution in [0.3, 0.4) is 0 Å². The zero-order valence-corrected chi connectivity index (χ0v) is 8.05. The third kappa shape index (κ3) is 1.29. The molecule has 1 saturated carbocycles. The number of nitrogens with zero attached hydrogens (tertiary/aromatic N) is 1. The monoisotopic (exact) mass is 183 g/mol. The van der Waals surface area contributed by atoms with E-state index in [-0.39, 0.29) is 11.6 Å². The molecule has 4 heteroatoms. The highest BCUT2D eigenvalue weighted by Gasteiger charge is 2.47. The van der Waals surface area contributed by atoms with Gasteiger partial charge < -0.3 is 16.0 Å². The van der Waals surface area contributed by atoms with Gasteiger partial charge in [-0.3, -0.25) is 0 Å². The molecule has 0 aromatic rings. The standard InChI is InChI=1S/C9H17N3O/c1-9(6-10,7-2-3-7)12-5-4-11-8(12)13/h7H,2-6,10H2,1H3,(H,11,13). The lowest BCUT2D eigenvalue weighted by Gasteiger charge is -2.37. The Labute approximate surface area is 78.5 Å². The van der Waals surface area contributed by atoms with Crippen LogP contribution in [-0.4, -0.2) is 36.1 Å². The van der Waals surface area contributed by atoms with Gasteiger partial charge in [-0.05, 0) is 25.7 Å². The van der Waals surface area contributed by atoms with Crippen molar-refractivity contribution in [2.75, 3.05) is 19.6 Å². The fourth-order valence-corrected chi connectivity index (χ4v) is 2.16. The molecule has 1 heterocycles. The molecule has 1 unspecified atom stereocenters. The molecule has 0 aromatic heterocycles. The Kier molecular flexibility index (Phi) is 1.95. The van der Waals surface area contributed by atoms with E-state index in [1.165, 1.54) is 12.8 Å². The third-order valence-electron chi connectivity index (χ3n) is 3.34. The number of hydrogen-bond donors (Lipinski definition) is 2. The maximum absolute atomic E-state index is 11.5. The smallest absolute Gasteiger partial charge is 0.318 e. The van der Waals surface area contributed by atoms with Gasteiger partial charge in [0.1, 0.15) is 0 Å². The van der Waals surface area contributed by atoms with E-state index in [4.69, 9.17) is 5.73 Å². The van der Waals surface area contributed by atoms with Crippen LogP contribution in [0.1, 0.15) is 19.8 Å². The predicted molar refractivity (Wildman–Crippen MR) is 50.3 cm³/mol. The second-order valence-corrected chi connectivity index (χ2v) is 4.22. The summed E-state index contributed by atoms with van der Waals surface area (Å²) in [5.41, 5.74) is 5.67. The average molecular weight is 183 g/mol. The van der Waals surface area contributed by atoms with Crippen molar-refractivity contribution in [2.24, 2.45) is 11.7 Å². The average Bonchev–Trinajstić information content (AvgIpc) is 2.89. The predicted octanol–water partition coefficient (Wildman–Crippen LogP) is 0.139. The van der Waals surface area contributed by atoms with Crippen LogP contribution in [0.2, 0.25) is 0 Å². The van der Waals surface area contributed by atoms with Crippen LogP contribution in [0.4, 0.5) is 4.79 Å². The van der Waals surface area contributed by atoms with Crippen molar-refractivity contribution in [1.82, 2.24) is 10.2 Å². The van der Waals surface area contributed by atoms with Crippen molar-refractivity contribution >= 4 is 6.03 Å². The SMILES string of the molecule is CC(CN)(C1CC1)N1CCNC1=O. The first-order valence-corrected chi connectivity index (χ1v) is 4.94. The van der Waals surface area contributed by atoms with Gasteiger partial charge in [-0.15, -0.1) is 0 Å². The number of carbonyl (C=O) groups is 1. The first-order chi connectivity index (χ1) is 6.18. The van der Waals surface area contributed by atoms with Gasteiger partial charge in [-0.2, -0.15) is 0 Å². The molecule has 1 saturated heterocycles. The molecule has 1 aliphatic heterocycles. The molecule has 2 rings (SSSR count). The van der Waals surface area contributed by atoms with Gasteiger partial charge in [-0.1, -0.05) is 0 Å². The molecule has 4 nitrogen and oxygen atoms in total. The fraction of sp³-hybridized carbons (Fsp3) is 0.889. The van der Waals surface area contributed by atoms with E-state index >= 15 is 0 Å². The molecule has 74 valence electrons. The molecular weight excluding hydrogens is 166 g/mol. The van der Waals surface area contributed by atoms with Gasteiger partial charge in [0, 0.05) is 19.6 Å². The van der Waals surface area contributed by atoms with Gasteiger partial charge in [0.25, 0.3) is 0 Å². The minimum absolute atomic E-state index is 0.0554. The molecule has 13 heavy (non-hydrogen) atoms. The van der Waals surface area contributed by atoms with Crippen LogP contribution in [0.5, 0.6) is 0 Å². The number of amides is 2. The molecule has 2 amide bonds. The zero-order chi connectivity index (χ0) is 9.47. The third-order valence-corrected chi connectivity index (χ3v) is 3.34. The van der Waals surface area contributed by atoms with Crippen LogP contribution in [0.15, 0.2) is 0 Å². The summed E-state index contributed by atoms with van der Waals surface area (Å²) in [6.45, 7) is 4.25. The summed E-state index contributed by atoms with van der Waals surface area (Å²) < 4.78 is 0. The van der Waals surface area contributed by atoms with Gasteiger partial charge in [0.15, 0.2) is 0 Å². The first kappa shape index (κ1) is 8.81. The molecule has 1 atom stereocenters. The first-order valence-electron chi connectivity index (χ1n) is 4.94. The summed E-state index contributed by atoms with van der Waals surface area (Å²) in [6, 6.07) is 0.0554. The van der Waals surface area contributed by atoms with Crippen molar-refractivity contribution < 1.29 is 4.79 Å². The molecule has 0 aromatic carbocycles. The molecule has 3 N–H and O–H groups in total. The van der Waals surface area contributed by atoms with Crippen LogP contribution in [0.25, 0.3) is 0 Å². The lowest BCUT2D eigenvalue weighted by atomic mass is 9.94. The van der Waals surface area contributed by atoms with Crippen molar-refractivity contribution in [3.05, 3.63) is 0 Å². The summed E-state index contributed by atoms with van der Waals surface area (Å²) in [4.78, 5) is 13.4. The summed E-state index contributed by atoms with van der Waals surface area (Å²) in [5, 5.41) is 2.82. The van der Waals surface area contributed by atoms with E-state index in [0.717, 1.165) is 13.1 Å². The zero-order valence-electron chi connectivity index (χ0n) is 8.05. The summed E-state index contributed by atoms with van der Waals surface area (Å²) in [7, 11) is 0. The molecule has 0 bridgehead atoms. The van der Waals surface area contributed by atoms with Gasteiger partial charge in [0.05, 0.1) is 5.54 Å². The molecule has 2 aliphatic rings. The lowest BCUT2D eigenvalue weighted by molar-refractivity contribution is 0.135. The van der Waals surface area contributed by atoms with E-state index in [0.29, 0.717) is 12.5 Å². The highest BCUT2D eigenvalue weighted by Crippen LogP contribution is 2.42. The van der Waals surface area contributed by atoms with E-state index in [1.807, 2.05) is 4.90 Å². The van der Waals surface area contributed by atoms with E-state index in [2.05, 4.69) is 12.2 Å². The van der Waals surface area contributed by atoms with Gasteiger partial charge >= 0.3 is 6.03 Å². The van der Waals surface area contributed by atoms with Gasteiger partial charge in [-0.25, -0.2) is 4.79 Å². The van der Waals surface area contributed by atoms with Crippen molar-refractivity contribution in [3.63, 3.8) is 0 Å². The van der Waals surface area contributed by atoms with Crippen LogP contribution in [-0.2, 0) is 0 Å². The quantitative estimate of drug-likeness (QED) is 0.654. The number of rotatable bonds is 3. The van der Waals surface area contributed by atoms with Crippen molar-refractivity contribution in [2.45, 2.75) is 25.3 Å². The second-order valence-electron chi connectivity index (χ2n) is 4.22. The molecule has 2 fully saturated rings. The molecule has 1 aliphatic carbocycles. The van der Waals surface area contributed by atoms with Crippen molar-refractivity contribution in [3.8, 4) is 0 Å². The Hall–Kier alpha value is -0.770. The minimum Gasteiger partial charge on any atom is -0.336 e.